The molecule has 10 heteroatoms. The number of hydrogen-bond acceptors (Lipinski definition) is 7. The van der Waals surface area contributed by atoms with Crippen molar-refractivity contribution in [2.75, 3.05) is 12.9 Å². The molecule has 0 unspecified atom stereocenters. The first kappa shape index (κ1) is 19.8. The summed E-state index contributed by atoms with van der Waals surface area (Å²) in [6, 6.07) is 4.54. The minimum atomic E-state index is -4.78. The molecule has 0 bridgehead atoms. The van der Waals surface area contributed by atoms with Gasteiger partial charge in [0.15, 0.2) is 0 Å². The van der Waals surface area contributed by atoms with Crippen LogP contribution in [-0.4, -0.2) is 36.3 Å². The minimum Gasteiger partial charge on any atom is -0.469 e. The number of benzene rings is 1. The smallest absolute Gasteiger partial charge is 0.469 e. The molecule has 0 amide bonds. The summed E-state index contributed by atoms with van der Waals surface area (Å²) in [6.45, 7) is 0. The van der Waals surface area contributed by atoms with Crippen molar-refractivity contribution in [1.82, 2.24) is 0 Å². The van der Waals surface area contributed by atoms with E-state index in [1.54, 1.807) is 0 Å². The van der Waals surface area contributed by atoms with Gasteiger partial charge in [-0.2, -0.15) is 0 Å². The molecule has 132 valence electrons. The highest BCUT2D eigenvalue weighted by Crippen LogP contribution is 2.23. The van der Waals surface area contributed by atoms with Crippen LogP contribution in [0.4, 0.5) is 13.2 Å². The first-order chi connectivity index (χ1) is 11.2. The van der Waals surface area contributed by atoms with Gasteiger partial charge < -0.3 is 14.2 Å². The Morgan fingerprint density at radius 1 is 1.21 bits per heavy atom. The molecule has 0 spiro atoms. The van der Waals surface area contributed by atoms with Gasteiger partial charge in [0, 0.05) is 17.7 Å². The van der Waals surface area contributed by atoms with Gasteiger partial charge in [-0.1, -0.05) is 11.8 Å². The second-order valence-corrected chi connectivity index (χ2v) is 5.39. The van der Waals surface area contributed by atoms with E-state index in [1.165, 1.54) is 19.2 Å². The lowest BCUT2D eigenvalue weighted by atomic mass is 10.2. The van der Waals surface area contributed by atoms with Gasteiger partial charge in [-0.25, -0.2) is 0 Å². The standard InChI is InChI=1S/C14H15F3N2O4S/c1-21-11(20)3-2-8-24-13(19)22-12(18)9-4-6-10(7-5-9)23-14(15,16)17/h4-7,18-19H,2-3,8H2,1H3. The van der Waals surface area contributed by atoms with Crippen molar-refractivity contribution in [3.05, 3.63) is 29.8 Å². The summed E-state index contributed by atoms with van der Waals surface area (Å²) in [5.41, 5.74) is 0.199. The highest BCUT2D eigenvalue weighted by atomic mass is 32.2. The van der Waals surface area contributed by atoms with E-state index < -0.39 is 12.1 Å². The lowest BCUT2D eigenvalue weighted by Crippen LogP contribution is -2.17. The van der Waals surface area contributed by atoms with Crippen LogP contribution in [0.3, 0.4) is 0 Å². The quantitative estimate of drug-likeness (QED) is 0.349. The third-order valence-electron chi connectivity index (χ3n) is 2.53. The molecule has 6 nitrogen and oxygen atoms in total. The van der Waals surface area contributed by atoms with Crippen LogP contribution in [0.2, 0.25) is 0 Å². The zero-order chi connectivity index (χ0) is 18.2. The Kier molecular flexibility index (Phi) is 7.56. The van der Waals surface area contributed by atoms with Crippen LogP contribution < -0.4 is 4.74 Å². The van der Waals surface area contributed by atoms with Gasteiger partial charge in [0.1, 0.15) is 5.75 Å². The van der Waals surface area contributed by atoms with E-state index in [0.717, 1.165) is 23.9 Å². The van der Waals surface area contributed by atoms with Gasteiger partial charge in [-0.3, -0.25) is 15.6 Å². The SMILES string of the molecule is COC(=O)CCCSC(=N)OC(=N)c1ccc(OC(F)(F)F)cc1. The summed E-state index contributed by atoms with van der Waals surface area (Å²) >= 11 is 1.00. The Labute approximate surface area is 140 Å². The Balaban J connectivity index is 2.41. The van der Waals surface area contributed by atoms with Gasteiger partial charge in [-0.05, 0) is 30.7 Å². The highest BCUT2D eigenvalue weighted by molar-refractivity contribution is 8.13. The van der Waals surface area contributed by atoms with Gasteiger partial charge in [0.05, 0.1) is 7.11 Å². The minimum absolute atomic E-state index is 0.199. The van der Waals surface area contributed by atoms with Crippen molar-refractivity contribution in [3.63, 3.8) is 0 Å². The number of nitrogens with one attached hydrogen (secondary N) is 2. The maximum Gasteiger partial charge on any atom is 0.573 e. The van der Waals surface area contributed by atoms with Crippen molar-refractivity contribution in [1.29, 1.82) is 10.8 Å². The summed E-state index contributed by atoms with van der Waals surface area (Å²) in [5.74, 6) is -0.707. The molecule has 0 saturated carbocycles. The molecule has 0 aliphatic carbocycles. The Bertz CT molecular complexity index is 591. The number of methoxy groups -OCH3 is 1. The van der Waals surface area contributed by atoms with Gasteiger partial charge in [-0.15, -0.1) is 13.2 Å². The van der Waals surface area contributed by atoms with E-state index in [9.17, 15) is 18.0 Å². The molecule has 1 rings (SSSR count). The number of alkyl halides is 3. The third kappa shape index (κ3) is 7.86. The fourth-order valence-corrected chi connectivity index (χ4v) is 2.09. The predicted octanol–water partition coefficient (Wildman–Crippen LogP) is 3.55. The summed E-state index contributed by atoms with van der Waals surface area (Å²) in [7, 11) is 1.28. The molecule has 0 aromatic heterocycles. The average molecular weight is 364 g/mol. The first-order valence-corrected chi connectivity index (χ1v) is 7.60. The molecule has 24 heavy (non-hydrogen) atoms. The van der Waals surface area contributed by atoms with E-state index >= 15 is 0 Å². The second-order valence-electron chi connectivity index (χ2n) is 4.32. The third-order valence-corrected chi connectivity index (χ3v) is 3.37. The second kappa shape index (κ2) is 9.16. The Hall–Kier alpha value is -2.23. The fraction of sp³-hybridized carbons (Fsp3) is 0.357. The number of carbonyl (C=O) groups excluding carboxylic acids is 1. The lowest BCUT2D eigenvalue weighted by molar-refractivity contribution is -0.274. The number of carbonyl (C=O) groups is 1. The Morgan fingerprint density at radius 2 is 1.83 bits per heavy atom. The van der Waals surface area contributed by atoms with Crippen LogP contribution in [0.1, 0.15) is 18.4 Å². The van der Waals surface area contributed by atoms with Crippen LogP contribution >= 0.6 is 11.8 Å². The van der Waals surface area contributed by atoms with Crippen molar-refractivity contribution < 1.29 is 32.2 Å². The molecular formula is C14H15F3N2O4S. The molecule has 1 aromatic rings. The summed E-state index contributed by atoms with van der Waals surface area (Å²) in [6.07, 6.45) is -4.08. The number of hydrogen-bond donors (Lipinski definition) is 2. The van der Waals surface area contributed by atoms with E-state index in [0.29, 0.717) is 12.2 Å². The van der Waals surface area contributed by atoms with E-state index in [-0.39, 0.29) is 29.1 Å². The van der Waals surface area contributed by atoms with Crippen LogP contribution in [0, 0.1) is 10.8 Å². The van der Waals surface area contributed by atoms with Crippen LogP contribution in [0.25, 0.3) is 0 Å². The summed E-state index contributed by atoms with van der Waals surface area (Å²) in [4.78, 5) is 10.9. The molecule has 0 heterocycles. The molecule has 0 aliphatic rings. The lowest BCUT2D eigenvalue weighted by Gasteiger charge is -2.10. The van der Waals surface area contributed by atoms with Crippen molar-refractivity contribution in [2.45, 2.75) is 19.2 Å². The normalized spacial score (nSPS) is 10.8. The zero-order valence-electron chi connectivity index (χ0n) is 12.6. The average Bonchev–Trinajstić information content (AvgIpc) is 2.50. The van der Waals surface area contributed by atoms with Gasteiger partial charge in [0.25, 0.3) is 0 Å². The van der Waals surface area contributed by atoms with Crippen molar-refractivity contribution in [2.24, 2.45) is 0 Å². The molecule has 2 N–H and O–H groups in total. The summed E-state index contributed by atoms with van der Waals surface area (Å²) < 4.78 is 49.3. The van der Waals surface area contributed by atoms with Gasteiger partial charge >= 0.3 is 12.3 Å². The van der Waals surface area contributed by atoms with Gasteiger partial charge in [0.2, 0.25) is 11.1 Å². The molecule has 0 atom stereocenters. The molecule has 0 aliphatic heterocycles. The molecule has 0 fully saturated rings. The van der Waals surface area contributed by atoms with Crippen molar-refractivity contribution in [3.8, 4) is 5.75 Å². The molecule has 0 saturated heterocycles. The Morgan fingerprint density at radius 3 is 2.38 bits per heavy atom. The predicted molar refractivity (Wildman–Crippen MR) is 82.5 cm³/mol. The maximum absolute atomic E-state index is 12.0. The first-order valence-electron chi connectivity index (χ1n) is 6.62. The van der Waals surface area contributed by atoms with Crippen molar-refractivity contribution >= 4 is 28.9 Å². The van der Waals surface area contributed by atoms with Crippen LogP contribution in [-0.2, 0) is 14.3 Å². The monoisotopic (exact) mass is 364 g/mol. The zero-order valence-corrected chi connectivity index (χ0v) is 13.4. The number of ether oxygens (including phenoxy) is 3. The van der Waals surface area contributed by atoms with Crippen LogP contribution in [0.15, 0.2) is 24.3 Å². The maximum atomic E-state index is 12.0. The van der Waals surface area contributed by atoms with E-state index in [2.05, 4.69) is 9.47 Å². The highest BCUT2D eigenvalue weighted by Gasteiger charge is 2.31. The number of esters is 1. The van der Waals surface area contributed by atoms with E-state index in [4.69, 9.17) is 15.6 Å². The molecular weight excluding hydrogens is 349 g/mol. The summed E-state index contributed by atoms with van der Waals surface area (Å²) in [5, 5.41) is 15.0. The van der Waals surface area contributed by atoms with E-state index in [1.807, 2.05) is 0 Å². The number of thioether (sulfide) groups is 1. The number of halogens is 3. The molecule has 0 radical (unpaired) electrons. The molecule has 1 aromatic carbocycles. The topological polar surface area (TPSA) is 92.5 Å². The largest absolute Gasteiger partial charge is 0.573 e. The number of rotatable bonds is 6. The van der Waals surface area contributed by atoms with Crippen LogP contribution in [0.5, 0.6) is 5.75 Å². The fourth-order valence-electron chi connectivity index (χ4n) is 1.47.